The number of hydrogen-bond acceptors (Lipinski definition) is 5. The molecule has 1 aliphatic heterocycles. The van der Waals surface area contributed by atoms with Crippen molar-refractivity contribution in [1.29, 1.82) is 0 Å². The summed E-state index contributed by atoms with van der Waals surface area (Å²) >= 11 is 0. The monoisotopic (exact) mass is 404 g/mol. The molecule has 3 heterocycles. The van der Waals surface area contributed by atoms with Crippen LogP contribution in [0.3, 0.4) is 0 Å². The zero-order valence-electron chi connectivity index (χ0n) is 17.1. The molecule has 0 atom stereocenters. The summed E-state index contributed by atoms with van der Waals surface area (Å²) in [4.78, 5) is 34.9. The molecule has 154 valence electrons. The number of benzene rings is 1. The maximum absolute atomic E-state index is 13.1. The predicted octanol–water partition coefficient (Wildman–Crippen LogP) is 3.32. The molecule has 0 radical (unpaired) electrons. The Morgan fingerprint density at radius 2 is 2.10 bits per heavy atom. The summed E-state index contributed by atoms with van der Waals surface area (Å²) in [5.74, 6) is 1.40. The van der Waals surface area contributed by atoms with E-state index >= 15 is 0 Å². The average Bonchev–Trinajstić information content (AvgIpc) is 3.14. The number of amides is 2. The SMILES string of the molecule is CC(=O)Nc1ccc(C(=O)N2CCc3oc(CCc4cccnc4)nc3C2)c(C)c1. The number of pyridine rings is 1. The van der Waals surface area contributed by atoms with Crippen LogP contribution in [0.5, 0.6) is 0 Å². The summed E-state index contributed by atoms with van der Waals surface area (Å²) in [6.07, 6.45) is 5.78. The second kappa shape index (κ2) is 8.49. The number of nitrogens with zero attached hydrogens (tertiary/aromatic N) is 3. The smallest absolute Gasteiger partial charge is 0.254 e. The molecule has 0 bridgehead atoms. The highest BCUT2D eigenvalue weighted by atomic mass is 16.4. The van der Waals surface area contributed by atoms with Crippen LogP contribution in [0.1, 0.15) is 45.8 Å². The lowest BCUT2D eigenvalue weighted by Gasteiger charge is -2.26. The summed E-state index contributed by atoms with van der Waals surface area (Å²) in [7, 11) is 0. The van der Waals surface area contributed by atoms with Gasteiger partial charge in [-0.15, -0.1) is 0 Å². The number of fused-ring (bicyclic) bond motifs is 1. The van der Waals surface area contributed by atoms with Gasteiger partial charge < -0.3 is 14.6 Å². The maximum Gasteiger partial charge on any atom is 0.254 e. The Morgan fingerprint density at radius 1 is 1.23 bits per heavy atom. The number of carbonyl (C=O) groups excluding carboxylic acids is 2. The third-order valence-electron chi connectivity index (χ3n) is 5.19. The Bertz CT molecular complexity index is 1080. The normalized spacial score (nSPS) is 13.1. The molecule has 0 unspecified atom stereocenters. The van der Waals surface area contributed by atoms with Crippen molar-refractivity contribution < 1.29 is 14.0 Å². The van der Waals surface area contributed by atoms with Gasteiger partial charge in [-0.05, 0) is 48.7 Å². The molecule has 0 saturated heterocycles. The Labute approximate surface area is 175 Å². The number of aryl methyl sites for hydroxylation is 3. The van der Waals surface area contributed by atoms with Gasteiger partial charge in [0, 0.05) is 50.0 Å². The molecular weight excluding hydrogens is 380 g/mol. The van der Waals surface area contributed by atoms with E-state index in [2.05, 4.69) is 15.3 Å². The standard InChI is InChI=1S/C23H24N4O3/c1-15-12-18(25-16(2)28)6-7-19(15)23(29)27-11-9-21-20(14-27)26-22(30-21)8-5-17-4-3-10-24-13-17/h3-4,6-7,10,12-13H,5,8-9,11,14H2,1-2H3,(H,25,28). The second-order valence-electron chi connectivity index (χ2n) is 7.53. The minimum atomic E-state index is -0.137. The van der Waals surface area contributed by atoms with Crippen LogP contribution in [0.25, 0.3) is 0 Å². The molecular formula is C23H24N4O3. The minimum Gasteiger partial charge on any atom is -0.445 e. The quantitative estimate of drug-likeness (QED) is 0.705. The second-order valence-corrected chi connectivity index (χ2v) is 7.53. The number of aromatic nitrogens is 2. The Kier molecular flexibility index (Phi) is 5.61. The lowest BCUT2D eigenvalue weighted by atomic mass is 10.0. The topological polar surface area (TPSA) is 88.3 Å². The number of carbonyl (C=O) groups is 2. The molecule has 1 aliphatic rings. The summed E-state index contributed by atoms with van der Waals surface area (Å²) in [5.41, 5.74) is 4.13. The molecule has 2 amide bonds. The van der Waals surface area contributed by atoms with E-state index in [9.17, 15) is 9.59 Å². The van der Waals surface area contributed by atoms with Gasteiger partial charge in [0.2, 0.25) is 5.91 Å². The highest BCUT2D eigenvalue weighted by molar-refractivity contribution is 5.97. The first-order valence-electron chi connectivity index (χ1n) is 10.0. The van der Waals surface area contributed by atoms with E-state index in [0.29, 0.717) is 43.1 Å². The minimum absolute atomic E-state index is 0.0348. The number of rotatable bonds is 5. The zero-order chi connectivity index (χ0) is 21.1. The summed E-state index contributed by atoms with van der Waals surface area (Å²) in [5, 5.41) is 2.74. The van der Waals surface area contributed by atoms with Crippen molar-refractivity contribution >= 4 is 17.5 Å². The van der Waals surface area contributed by atoms with Gasteiger partial charge in [-0.2, -0.15) is 0 Å². The first-order chi connectivity index (χ1) is 14.5. The van der Waals surface area contributed by atoms with Gasteiger partial charge in [0.25, 0.3) is 5.91 Å². The van der Waals surface area contributed by atoms with Crippen LogP contribution in [0.2, 0.25) is 0 Å². The number of anilines is 1. The number of nitrogens with one attached hydrogen (secondary N) is 1. The third-order valence-corrected chi connectivity index (χ3v) is 5.19. The molecule has 0 fully saturated rings. The zero-order valence-corrected chi connectivity index (χ0v) is 17.1. The lowest BCUT2D eigenvalue weighted by molar-refractivity contribution is -0.114. The van der Waals surface area contributed by atoms with Crippen molar-refractivity contribution in [2.24, 2.45) is 0 Å². The van der Waals surface area contributed by atoms with Crippen LogP contribution in [0.15, 0.2) is 47.1 Å². The highest BCUT2D eigenvalue weighted by Crippen LogP contribution is 2.24. The van der Waals surface area contributed by atoms with Crippen LogP contribution in [-0.2, 0) is 30.6 Å². The van der Waals surface area contributed by atoms with Crippen LogP contribution < -0.4 is 5.32 Å². The molecule has 1 aromatic carbocycles. The van der Waals surface area contributed by atoms with Crippen LogP contribution in [0, 0.1) is 6.92 Å². The molecule has 30 heavy (non-hydrogen) atoms. The Hall–Kier alpha value is -3.48. The molecule has 2 aromatic heterocycles. The van der Waals surface area contributed by atoms with Gasteiger partial charge >= 0.3 is 0 Å². The van der Waals surface area contributed by atoms with Crippen molar-refractivity contribution in [3.8, 4) is 0 Å². The molecule has 3 aromatic rings. The van der Waals surface area contributed by atoms with E-state index in [0.717, 1.165) is 29.0 Å². The van der Waals surface area contributed by atoms with Crippen LogP contribution in [-0.4, -0.2) is 33.2 Å². The van der Waals surface area contributed by atoms with Crippen LogP contribution in [0.4, 0.5) is 5.69 Å². The number of oxazole rings is 1. The van der Waals surface area contributed by atoms with Crippen molar-refractivity contribution in [3.05, 3.63) is 76.8 Å². The van der Waals surface area contributed by atoms with Gasteiger partial charge in [0.1, 0.15) is 11.5 Å². The van der Waals surface area contributed by atoms with E-state index in [1.165, 1.54) is 6.92 Å². The molecule has 0 saturated carbocycles. The van der Waals surface area contributed by atoms with Crippen molar-refractivity contribution in [3.63, 3.8) is 0 Å². The average molecular weight is 404 g/mol. The summed E-state index contributed by atoms with van der Waals surface area (Å²) in [6, 6.07) is 9.29. The van der Waals surface area contributed by atoms with E-state index in [1.807, 2.05) is 31.3 Å². The van der Waals surface area contributed by atoms with Crippen molar-refractivity contribution in [2.75, 3.05) is 11.9 Å². The van der Waals surface area contributed by atoms with E-state index in [1.54, 1.807) is 23.2 Å². The molecule has 7 nitrogen and oxygen atoms in total. The first kappa shape index (κ1) is 19.8. The first-order valence-corrected chi connectivity index (χ1v) is 10.0. The predicted molar refractivity (Wildman–Crippen MR) is 112 cm³/mol. The third kappa shape index (κ3) is 4.40. The molecule has 4 rings (SSSR count). The lowest BCUT2D eigenvalue weighted by Crippen LogP contribution is -2.36. The van der Waals surface area contributed by atoms with E-state index < -0.39 is 0 Å². The molecule has 0 spiro atoms. The Balaban J connectivity index is 1.43. The van der Waals surface area contributed by atoms with Gasteiger partial charge in [-0.3, -0.25) is 14.6 Å². The van der Waals surface area contributed by atoms with Gasteiger partial charge in [-0.25, -0.2) is 4.98 Å². The van der Waals surface area contributed by atoms with Crippen molar-refractivity contribution in [2.45, 2.75) is 39.7 Å². The van der Waals surface area contributed by atoms with Gasteiger partial charge in [-0.1, -0.05) is 6.07 Å². The largest absolute Gasteiger partial charge is 0.445 e. The molecule has 7 heteroatoms. The van der Waals surface area contributed by atoms with E-state index in [-0.39, 0.29) is 11.8 Å². The highest BCUT2D eigenvalue weighted by Gasteiger charge is 2.27. The van der Waals surface area contributed by atoms with E-state index in [4.69, 9.17) is 4.42 Å². The fourth-order valence-electron chi connectivity index (χ4n) is 3.68. The van der Waals surface area contributed by atoms with Crippen molar-refractivity contribution in [1.82, 2.24) is 14.9 Å². The molecule has 0 aliphatic carbocycles. The van der Waals surface area contributed by atoms with Gasteiger partial charge in [0.15, 0.2) is 5.89 Å². The maximum atomic E-state index is 13.1. The van der Waals surface area contributed by atoms with Gasteiger partial charge in [0.05, 0.1) is 6.54 Å². The fraction of sp³-hybridized carbons (Fsp3) is 0.304. The van der Waals surface area contributed by atoms with Crippen LogP contribution >= 0.6 is 0 Å². The Morgan fingerprint density at radius 3 is 2.83 bits per heavy atom. The molecule has 1 N–H and O–H groups in total. The summed E-state index contributed by atoms with van der Waals surface area (Å²) < 4.78 is 5.93. The fourth-order valence-corrected chi connectivity index (χ4v) is 3.68. The summed E-state index contributed by atoms with van der Waals surface area (Å²) in [6.45, 7) is 4.37. The number of hydrogen-bond donors (Lipinski definition) is 1.